The summed E-state index contributed by atoms with van der Waals surface area (Å²) in [7, 11) is 0. The van der Waals surface area contributed by atoms with Crippen molar-refractivity contribution in [2.75, 3.05) is 0 Å². The van der Waals surface area contributed by atoms with Crippen LogP contribution < -0.4 is 0 Å². The molecule has 0 aromatic carbocycles. The minimum atomic E-state index is -0.828. The summed E-state index contributed by atoms with van der Waals surface area (Å²) in [6.45, 7) is 16.2. The van der Waals surface area contributed by atoms with Crippen molar-refractivity contribution >= 4 is 23.1 Å². The van der Waals surface area contributed by atoms with Crippen molar-refractivity contribution in [2.24, 2.45) is 0 Å². The smallest absolute Gasteiger partial charge is 0.152 e. The first-order chi connectivity index (χ1) is 10.0. The van der Waals surface area contributed by atoms with Crippen LogP contribution in [0, 0.1) is 0 Å². The number of hydrogen-bond donors (Lipinski definition) is 1. The average molecular weight is 379 g/mol. The summed E-state index contributed by atoms with van der Waals surface area (Å²) in [5.41, 5.74) is 0.235. The van der Waals surface area contributed by atoms with Crippen molar-refractivity contribution in [3.05, 3.63) is 11.6 Å². The van der Waals surface area contributed by atoms with Gasteiger partial charge in [0.05, 0.1) is 5.60 Å². The van der Waals surface area contributed by atoms with E-state index in [0.717, 1.165) is 5.57 Å². The van der Waals surface area contributed by atoms with E-state index in [2.05, 4.69) is 0 Å². The second kappa shape index (κ2) is 25.6. The van der Waals surface area contributed by atoms with Gasteiger partial charge in [0.1, 0.15) is 17.3 Å². The number of aliphatic hydroxyl groups is 1. The van der Waals surface area contributed by atoms with Crippen molar-refractivity contribution < 1.29 is 24.3 Å². The van der Waals surface area contributed by atoms with E-state index in [1.54, 1.807) is 26.8 Å². The van der Waals surface area contributed by atoms with Crippen molar-refractivity contribution in [3.63, 3.8) is 0 Å². The molecule has 0 aliphatic rings. The topological polar surface area (TPSA) is 88.5 Å². The Morgan fingerprint density at radius 2 is 0.962 bits per heavy atom. The zero-order valence-corrected chi connectivity index (χ0v) is 16.4. The van der Waals surface area contributed by atoms with E-state index in [4.69, 9.17) is 5.11 Å². The lowest BCUT2D eigenvalue weighted by Gasteiger charge is -2.13. The lowest BCUT2D eigenvalue weighted by molar-refractivity contribution is -0.121. The Bertz CT molecular complexity index is 375. The van der Waals surface area contributed by atoms with Gasteiger partial charge in [0.2, 0.25) is 0 Å². The predicted octanol–water partition coefficient (Wildman–Crippen LogP) is 5.38. The van der Waals surface area contributed by atoms with Gasteiger partial charge < -0.3 is 14.7 Å². The second-order valence-electron chi connectivity index (χ2n) is 6.34. The highest BCUT2D eigenvalue weighted by molar-refractivity contribution is 5.87. The number of rotatable bonds is 3. The molecule has 0 atom stereocenters. The molecule has 0 saturated heterocycles. The summed E-state index contributed by atoms with van der Waals surface area (Å²) in [4.78, 5) is 39.4. The van der Waals surface area contributed by atoms with Gasteiger partial charge >= 0.3 is 0 Å². The normalized spacial score (nSPS) is 7.65. The summed E-state index contributed by atoms with van der Waals surface area (Å²) in [6.07, 6.45) is 1.85. The molecule has 0 aromatic heterocycles. The fourth-order valence-corrected chi connectivity index (χ4v) is 1.02. The lowest BCUT2D eigenvalue weighted by Crippen LogP contribution is -2.21. The highest BCUT2D eigenvalue weighted by Crippen LogP contribution is 2.06. The molecule has 5 heteroatoms. The van der Waals surface area contributed by atoms with Gasteiger partial charge in [-0.1, -0.05) is 27.9 Å². The van der Waals surface area contributed by atoms with Crippen molar-refractivity contribution in [3.8, 4) is 0 Å². The molecular formula is C21H46O5. The third-order valence-corrected chi connectivity index (χ3v) is 1.17. The predicted molar refractivity (Wildman–Crippen MR) is 115 cm³/mol. The largest absolute Gasteiger partial charge is 0.390 e. The molecule has 0 bridgehead atoms. The van der Waals surface area contributed by atoms with Crippen LogP contribution in [0.15, 0.2) is 11.6 Å². The molecule has 1 N–H and O–H groups in total. The Hall–Kier alpha value is -1.62. The highest BCUT2D eigenvalue weighted by Gasteiger charge is 2.13. The third kappa shape index (κ3) is 188. The van der Waals surface area contributed by atoms with Crippen molar-refractivity contribution in [2.45, 2.75) is 104 Å². The summed E-state index contributed by atoms with van der Waals surface area (Å²) in [5.74, 6) is 0.484. The van der Waals surface area contributed by atoms with E-state index < -0.39 is 5.60 Å². The Labute approximate surface area is 163 Å². The Kier molecular flexibility index (Phi) is 43.5. The van der Waals surface area contributed by atoms with Crippen LogP contribution in [0.4, 0.5) is 0 Å². The maximum Gasteiger partial charge on any atom is 0.152 e. The van der Waals surface area contributed by atoms with Crippen LogP contribution in [-0.2, 0) is 19.2 Å². The molecule has 0 spiro atoms. The van der Waals surface area contributed by atoms with Crippen LogP contribution in [0.25, 0.3) is 0 Å². The molecule has 26 heavy (non-hydrogen) atoms. The number of carbonyl (C=O) groups excluding carboxylic acids is 4. The van der Waals surface area contributed by atoms with Gasteiger partial charge in [-0.25, -0.2) is 0 Å². The van der Waals surface area contributed by atoms with Gasteiger partial charge in [-0.3, -0.25) is 9.59 Å². The minimum absolute atomic E-state index is 0. The first-order valence-corrected chi connectivity index (χ1v) is 7.32. The molecule has 160 valence electrons. The highest BCUT2D eigenvalue weighted by atomic mass is 16.3. The fourth-order valence-electron chi connectivity index (χ4n) is 1.02. The molecule has 0 aliphatic carbocycles. The third-order valence-electron chi connectivity index (χ3n) is 1.17. The van der Waals surface area contributed by atoms with Gasteiger partial charge in [0.15, 0.2) is 5.78 Å². The van der Waals surface area contributed by atoms with Crippen LogP contribution in [0.5, 0.6) is 0 Å². The van der Waals surface area contributed by atoms with Gasteiger partial charge in [0, 0.05) is 6.42 Å². The van der Waals surface area contributed by atoms with E-state index in [-0.39, 0.29) is 51.8 Å². The summed E-state index contributed by atoms with van der Waals surface area (Å²) >= 11 is 0. The molecule has 0 aromatic rings. The minimum Gasteiger partial charge on any atom is -0.390 e. The van der Waals surface area contributed by atoms with E-state index in [9.17, 15) is 19.2 Å². The van der Waals surface area contributed by atoms with Gasteiger partial charge in [-0.05, 0) is 75.3 Å². The van der Waals surface area contributed by atoms with E-state index in [1.807, 2.05) is 13.8 Å². The first kappa shape index (κ1) is 44.1. The number of Topliss-reactive ketones (excluding diaryl/α,β-unsaturated/α-hetero) is 3. The zero-order valence-electron chi connectivity index (χ0n) is 16.4. The second-order valence-corrected chi connectivity index (χ2v) is 6.34. The van der Waals surface area contributed by atoms with E-state index in [1.165, 1.54) is 34.6 Å². The summed E-state index contributed by atoms with van der Waals surface area (Å²) in [5, 5.41) is 8.97. The van der Waals surface area contributed by atoms with E-state index >= 15 is 0 Å². The van der Waals surface area contributed by atoms with Crippen molar-refractivity contribution in [1.29, 1.82) is 0 Å². The first-order valence-electron chi connectivity index (χ1n) is 7.32. The molecule has 0 aliphatic heterocycles. The average Bonchev–Trinajstić information content (AvgIpc) is 2.07. The van der Waals surface area contributed by atoms with Crippen molar-refractivity contribution in [1.82, 2.24) is 0 Å². The quantitative estimate of drug-likeness (QED) is 0.666. The van der Waals surface area contributed by atoms with Crippen LogP contribution >= 0.6 is 0 Å². The molecule has 5 nitrogen and oxygen atoms in total. The maximum atomic E-state index is 10.3. The van der Waals surface area contributed by atoms with Gasteiger partial charge in [-0.15, -0.1) is 0 Å². The standard InChI is InChI=1S/C6H12O2.C6H10O.2C3H6O.3CH4/c1-5(7)4-6(2,3)8;1-5(2)4-6(3)7;2*1-3(2)4;;;/h8H,4H2,1-3H3;4H,1-3H3;2*1-2H3;3*1H4. The van der Waals surface area contributed by atoms with Crippen LogP contribution in [-0.4, -0.2) is 33.8 Å². The molecule has 0 amide bonds. The summed E-state index contributed by atoms with van der Waals surface area (Å²) < 4.78 is 0. The van der Waals surface area contributed by atoms with Crippen LogP contribution in [0.3, 0.4) is 0 Å². The fraction of sp³-hybridized carbons (Fsp3) is 0.714. The van der Waals surface area contributed by atoms with Gasteiger partial charge in [0.25, 0.3) is 0 Å². The molecular weight excluding hydrogens is 332 g/mol. The van der Waals surface area contributed by atoms with Crippen LogP contribution in [0.1, 0.15) is 97.9 Å². The number of carbonyl (C=O) groups is 4. The Morgan fingerprint density at radius 1 is 0.731 bits per heavy atom. The monoisotopic (exact) mass is 378 g/mol. The Morgan fingerprint density at radius 3 is 0.962 bits per heavy atom. The van der Waals surface area contributed by atoms with Gasteiger partial charge in [-0.2, -0.15) is 0 Å². The Balaban J connectivity index is -0.0000000371. The molecule has 0 heterocycles. The number of hydrogen-bond acceptors (Lipinski definition) is 5. The molecule has 0 rings (SSSR count). The molecule has 0 radical (unpaired) electrons. The number of ketones is 4. The molecule has 0 saturated carbocycles. The number of allylic oxidation sites excluding steroid dienone is 2. The maximum absolute atomic E-state index is 10.3. The SMILES string of the molecule is C.C.C.CC(=O)C=C(C)C.CC(=O)CC(C)(C)O.CC(C)=O.CC(C)=O. The summed E-state index contributed by atoms with van der Waals surface area (Å²) in [6, 6.07) is 0. The van der Waals surface area contributed by atoms with E-state index in [0.29, 0.717) is 0 Å². The molecule has 0 fully saturated rings. The molecule has 0 unspecified atom stereocenters. The van der Waals surface area contributed by atoms with Crippen LogP contribution in [0.2, 0.25) is 0 Å². The lowest BCUT2D eigenvalue weighted by atomic mass is 10.0. The zero-order chi connectivity index (χ0) is 19.8.